The van der Waals surface area contributed by atoms with E-state index < -0.39 is 0 Å². The molecular formula is C15H32N2O. The van der Waals surface area contributed by atoms with Gasteiger partial charge < -0.3 is 9.64 Å². The van der Waals surface area contributed by atoms with Gasteiger partial charge in [-0.15, -0.1) is 0 Å². The quantitative estimate of drug-likeness (QED) is 0.630. The average molecular weight is 256 g/mol. The number of hydrogen-bond acceptors (Lipinski definition) is 3. The molecule has 0 spiro atoms. The first-order valence-electron chi connectivity index (χ1n) is 7.70. The molecule has 0 amide bonds. The lowest BCUT2D eigenvalue weighted by Crippen LogP contribution is -2.47. The van der Waals surface area contributed by atoms with Crippen LogP contribution in [0.15, 0.2) is 0 Å². The summed E-state index contributed by atoms with van der Waals surface area (Å²) in [5, 5.41) is 0. The van der Waals surface area contributed by atoms with E-state index in [2.05, 4.69) is 23.6 Å². The Bertz CT molecular complexity index is 191. The summed E-state index contributed by atoms with van der Waals surface area (Å²) < 4.78 is 5.13. The van der Waals surface area contributed by atoms with Crippen LogP contribution in [0.2, 0.25) is 0 Å². The number of methoxy groups -OCH3 is 1. The summed E-state index contributed by atoms with van der Waals surface area (Å²) in [7, 11) is 1.79. The van der Waals surface area contributed by atoms with Crippen LogP contribution in [0, 0.1) is 5.92 Å². The lowest BCUT2D eigenvalue weighted by Gasteiger charge is -2.34. The van der Waals surface area contributed by atoms with Crippen LogP contribution < -0.4 is 0 Å². The third kappa shape index (κ3) is 6.72. The maximum Gasteiger partial charge on any atom is 0.0589 e. The van der Waals surface area contributed by atoms with Crippen molar-refractivity contribution in [2.45, 2.75) is 39.5 Å². The number of piperazine rings is 1. The minimum atomic E-state index is 0.870. The number of ether oxygens (including phenoxy) is 1. The van der Waals surface area contributed by atoms with Crippen molar-refractivity contribution < 1.29 is 4.74 Å². The van der Waals surface area contributed by atoms with Gasteiger partial charge in [0.05, 0.1) is 6.61 Å². The molecule has 0 aromatic heterocycles. The topological polar surface area (TPSA) is 15.7 Å². The SMILES string of the molecule is CCCC(C)CCCN1CCN(CCOC)CC1. The fourth-order valence-electron chi connectivity index (χ4n) is 2.76. The molecule has 1 saturated heterocycles. The number of rotatable bonds is 9. The van der Waals surface area contributed by atoms with Crippen LogP contribution in [0.1, 0.15) is 39.5 Å². The summed E-state index contributed by atoms with van der Waals surface area (Å²) in [6.45, 7) is 12.9. The minimum Gasteiger partial charge on any atom is -0.383 e. The van der Waals surface area contributed by atoms with Crippen LogP contribution in [-0.4, -0.2) is 62.8 Å². The summed E-state index contributed by atoms with van der Waals surface area (Å²) in [5.74, 6) is 0.915. The molecule has 1 fully saturated rings. The molecule has 0 radical (unpaired) electrons. The van der Waals surface area contributed by atoms with Crippen molar-refractivity contribution in [1.29, 1.82) is 0 Å². The van der Waals surface area contributed by atoms with Gasteiger partial charge in [-0.05, 0) is 25.3 Å². The molecule has 0 aliphatic carbocycles. The van der Waals surface area contributed by atoms with Crippen LogP contribution in [0.4, 0.5) is 0 Å². The Kier molecular flexibility index (Phi) is 8.64. The highest BCUT2D eigenvalue weighted by atomic mass is 16.5. The maximum absolute atomic E-state index is 5.13. The fourth-order valence-corrected chi connectivity index (χ4v) is 2.76. The third-order valence-corrected chi connectivity index (χ3v) is 4.03. The summed E-state index contributed by atoms with van der Waals surface area (Å²) in [6, 6.07) is 0. The number of hydrogen-bond donors (Lipinski definition) is 0. The molecule has 0 bridgehead atoms. The smallest absolute Gasteiger partial charge is 0.0589 e. The van der Waals surface area contributed by atoms with Gasteiger partial charge in [0.2, 0.25) is 0 Å². The summed E-state index contributed by atoms with van der Waals surface area (Å²) >= 11 is 0. The van der Waals surface area contributed by atoms with Crippen molar-refractivity contribution in [1.82, 2.24) is 9.80 Å². The van der Waals surface area contributed by atoms with E-state index in [1.165, 1.54) is 58.4 Å². The molecule has 108 valence electrons. The lowest BCUT2D eigenvalue weighted by atomic mass is 10.0. The Morgan fingerprint density at radius 1 is 1.00 bits per heavy atom. The van der Waals surface area contributed by atoms with Crippen molar-refractivity contribution in [2.75, 3.05) is 53.0 Å². The predicted molar refractivity (Wildman–Crippen MR) is 78.1 cm³/mol. The van der Waals surface area contributed by atoms with Crippen LogP contribution >= 0.6 is 0 Å². The zero-order valence-electron chi connectivity index (χ0n) is 12.7. The molecular weight excluding hydrogens is 224 g/mol. The van der Waals surface area contributed by atoms with E-state index in [4.69, 9.17) is 4.74 Å². The van der Waals surface area contributed by atoms with E-state index in [1.54, 1.807) is 7.11 Å². The van der Waals surface area contributed by atoms with Crippen molar-refractivity contribution >= 4 is 0 Å². The molecule has 0 aromatic carbocycles. The van der Waals surface area contributed by atoms with Gasteiger partial charge in [-0.3, -0.25) is 4.90 Å². The van der Waals surface area contributed by atoms with E-state index in [0.29, 0.717) is 0 Å². The zero-order valence-corrected chi connectivity index (χ0v) is 12.7. The van der Waals surface area contributed by atoms with Gasteiger partial charge in [0.1, 0.15) is 0 Å². The predicted octanol–water partition coefficient (Wildman–Crippen LogP) is 2.47. The molecule has 0 aromatic rings. The van der Waals surface area contributed by atoms with Gasteiger partial charge >= 0.3 is 0 Å². The first-order chi connectivity index (χ1) is 8.76. The molecule has 1 rings (SSSR count). The van der Waals surface area contributed by atoms with E-state index in [0.717, 1.165) is 19.1 Å². The summed E-state index contributed by atoms with van der Waals surface area (Å²) in [6.07, 6.45) is 5.50. The maximum atomic E-state index is 5.13. The van der Waals surface area contributed by atoms with Crippen LogP contribution in [0.25, 0.3) is 0 Å². The average Bonchev–Trinajstić information content (AvgIpc) is 2.38. The second-order valence-corrected chi connectivity index (χ2v) is 5.71. The molecule has 3 nitrogen and oxygen atoms in total. The van der Waals surface area contributed by atoms with Crippen LogP contribution in [-0.2, 0) is 4.74 Å². The second kappa shape index (κ2) is 9.76. The van der Waals surface area contributed by atoms with E-state index in [9.17, 15) is 0 Å². The Balaban J connectivity index is 2.01. The normalized spacial score (nSPS) is 20.2. The lowest BCUT2D eigenvalue weighted by molar-refractivity contribution is 0.0956. The summed E-state index contributed by atoms with van der Waals surface area (Å²) in [5.41, 5.74) is 0. The Morgan fingerprint density at radius 3 is 2.17 bits per heavy atom. The summed E-state index contributed by atoms with van der Waals surface area (Å²) in [4.78, 5) is 5.14. The molecule has 1 aliphatic rings. The highest BCUT2D eigenvalue weighted by molar-refractivity contribution is 4.71. The van der Waals surface area contributed by atoms with E-state index in [1.807, 2.05) is 0 Å². The zero-order chi connectivity index (χ0) is 13.2. The molecule has 0 saturated carbocycles. The standard InChI is InChI=1S/C15H32N2O/c1-4-6-15(2)7-5-8-16-9-11-17(12-10-16)13-14-18-3/h15H,4-14H2,1-3H3. The monoisotopic (exact) mass is 256 g/mol. The highest BCUT2D eigenvalue weighted by Gasteiger charge is 2.15. The molecule has 1 heterocycles. The molecule has 1 unspecified atom stereocenters. The van der Waals surface area contributed by atoms with Crippen LogP contribution in [0.3, 0.4) is 0 Å². The van der Waals surface area contributed by atoms with Crippen molar-refractivity contribution in [2.24, 2.45) is 5.92 Å². The number of nitrogens with zero attached hydrogens (tertiary/aromatic N) is 2. The largest absolute Gasteiger partial charge is 0.383 e. The Hall–Kier alpha value is -0.120. The third-order valence-electron chi connectivity index (χ3n) is 4.03. The van der Waals surface area contributed by atoms with Gasteiger partial charge in [0.25, 0.3) is 0 Å². The Morgan fingerprint density at radius 2 is 1.61 bits per heavy atom. The van der Waals surface area contributed by atoms with Gasteiger partial charge in [0, 0.05) is 39.8 Å². The first kappa shape index (κ1) is 15.9. The van der Waals surface area contributed by atoms with Gasteiger partial charge in [-0.1, -0.05) is 26.7 Å². The molecule has 18 heavy (non-hydrogen) atoms. The van der Waals surface area contributed by atoms with Crippen LogP contribution in [0.5, 0.6) is 0 Å². The highest BCUT2D eigenvalue weighted by Crippen LogP contribution is 2.13. The minimum absolute atomic E-state index is 0.870. The Labute approximate surface area is 113 Å². The van der Waals surface area contributed by atoms with Crippen molar-refractivity contribution in [3.05, 3.63) is 0 Å². The van der Waals surface area contributed by atoms with Gasteiger partial charge in [-0.25, -0.2) is 0 Å². The van der Waals surface area contributed by atoms with Crippen molar-refractivity contribution in [3.8, 4) is 0 Å². The van der Waals surface area contributed by atoms with E-state index >= 15 is 0 Å². The molecule has 3 heteroatoms. The van der Waals surface area contributed by atoms with Gasteiger partial charge in [-0.2, -0.15) is 0 Å². The van der Waals surface area contributed by atoms with E-state index in [-0.39, 0.29) is 0 Å². The first-order valence-corrected chi connectivity index (χ1v) is 7.70. The fraction of sp³-hybridized carbons (Fsp3) is 1.00. The van der Waals surface area contributed by atoms with Gasteiger partial charge in [0.15, 0.2) is 0 Å². The molecule has 0 N–H and O–H groups in total. The second-order valence-electron chi connectivity index (χ2n) is 5.71. The molecule has 1 atom stereocenters. The van der Waals surface area contributed by atoms with Crippen molar-refractivity contribution in [3.63, 3.8) is 0 Å². The molecule has 1 aliphatic heterocycles.